The highest BCUT2D eigenvalue weighted by Crippen LogP contribution is 2.33. The predicted octanol–water partition coefficient (Wildman–Crippen LogP) is 0.800. The van der Waals surface area contributed by atoms with Crippen molar-refractivity contribution in [2.75, 3.05) is 44.4 Å². The number of rotatable bonds is 7. The van der Waals surface area contributed by atoms with E-state index in [2.05, 4.69) is 5.32 Å². The van der Waals surface area contributed by atoms with E-state index in [1.165, 1.54) is 16.4 Å². The second-order valence-corrected chi connectivity index (χ2v) is 11.8. The van der Waals surface area contributed by atoms with Gasteiger partial charge in [0.15, 0.2) is 21.3 Å². The van der Waals surface area contributed by atoms with E-state index in [1.807, 2.05) is 0 Å². The first-order valence-corrected chi connectivity index (χ1v) is 13.4. The minimum absolute atomic E-state index is 0.0407. The lowest BCUT2D eigenvalue weighted by Gasteiger charge is -2.30. The van der Waals surface area contributed by atoms with E-state index in [-0.39, 0.29) is 47.9 Å². The number of sulfonamides is 1. The molecule has 0 bridgehead atoms. The van der Waals surface area contributed by atoms with E-state index in [9.17, 15) is 21.6 Å². The molecular weight excluding hydrogens is 432 g/mol. The Bertz CT molecular complexity index is 969. The van der Waals surface area contributed by atoms with Gasteiger partial charge in [0.1, 0.15) is 0 Å². The minimum atomic E-state index is -3.71. The zero-order chi connectivity index (χ0) is 21.8. The summed E-state index contributed by atoms with van der Waals surface area (Å²) >= 11 is 0. The second-order valence-electron chi connectivity index (χ2n) is 7.36. The fraction of sp³-hybridized carbons (Fsp3) is 0.632. The smallest absolute Gasteiger partial charge is 0.243 e. The molecule has 0 radical (unpaired) electrons. The lowest BCUT2D eigenvalue weighted by Crippen LogP contribution is -2.43. The van der Waals surface area contributed by atoms with Crippen molar-refractivity contribution in [3.63, 3.8) is 0 Å². The Morgan fingerprint density at radius 1 is 1.10 bits per heavy atom. The average Bonchev–Trinajstić information content (AvgIpc) is 2.98. The Hall–Kier alpha value is -1.85. The Balaban J connectivity index is 1.57. The lowest BCUT2D eigenvalue weighted by atomic mass is 9.97. The fourth-order valence-electron chi connectivity index (χ4n) is 3.43. The molecule has 2 aliphatic rings. The number of benzene rings is 1. The number of sulfone groups is 1. The van der Waals surface area contributed by atoms with Crippen molar-refractivity contribution in [3.8, 4) is 11.5 Å². The highest BCUT2D eigenvalue weighted by Gasteiger charge is 2.32. The third kappa shape index (κ3) is 5.44. The van der Waals surface area contributed by atoms with Gasteiger partial charge in [0.2, 0.25) is 15.9 Å². The van der Waals surface area contributed by atoms with E-state index in [1.54, 1.807) is 13.0 Å². The number of hydrogen-bond donors (Lipinski definition) is 1. The van der Waals surface area contributed by atoms with Crippen LogP contribution in [0.25, 0.3) is 0 Å². The van der Waals surface area contributed by atoms with E-state index in [4.69, 9.17) is 9.47 Å². The largest absolute Gasteiger partial charge is 0.490 e. The number of hydrogen-bond acceptors (Lipinski definition) is 7. The van der Waals surface area contributed by atoms with Crippen molar-refractivity contribution >= 4 is 25.8 Å². The van der Waals surface area contributed by atoms with Gasteiger partial charge >= 0.3 is 0 Å². The Morgan fingerprint density at radius 2 is 1.77 bits per heavy atom. The number of carbonyl (C=O) groups excluding carboxylic acids is 1. The van der Waals surface area contributed by atoms with Crippen molar-refractivity contribution < 1.29 is 31.1 Å². The molecule has 1 fully saturated rings. The van der Waals surface area contributed by atoms with Crippen LogP contribution in [0.15, 0.2) is 23.1 Å². The van der Waals surface area contributed by atoms with Crippen LogP contribution in [0.1, 0.15) is 26.2 Å². The molecule has 1 aromatic carbocycles. The number of piperidine rings is 1. The first kappa shape index (κ1) is 22.8. The van der Waals surface area contributed by atoms with Crippen LogP contribution in [0.3, 0.4) is 0 Å². The molecule has 9 nitrogen and oxygen atoms in total. The van der Waals surface area contributed by atoms with Crippen LogP contribution in [0.5, 0.6) is 11.5 Å². The van der Waals surface area contributed by atoms with Crippen LogP contribution < -0.4 is 14.8 Å². The monoisotopic (exact) mass is 460 g/mol. The van der Waals surface area contributed by atoms with Gasteiger partial charge in [0, 0.05) is 43.8 Å². The molecule has 2 aliphatic heterocycles. The third-order valence-electron chi connectivity index (χ3n) is 5.33. The van der Waals surface area contributed by atoms with Gasteiger partial charge in [-0.25, -0.2) is 16.8 Å². The predicted molar refractivity (Wildman–Crippen MR) is 111 cm³/mol. The summed E-state index contributed by atoms with van der Waals surface area (Å²) in [6, 6.07) is 4.61. The molecule has 0 aliphatic carbocycles. The summed E-state index contributed by atoms with van der Waals surface area (Å²) in [6.45, 7) is 3.08. The van der Waals surface area contributed by atoms with Gasteiger partial charge in [0.25, 0.3) is 0 Å². The molecule has 2 heterocycles. The maximum absolute atomic E-state index is 13.0. The molecule has 3 rings (SSSR count). The summed E-state index contributed by atoms with van der Waals surface area (Å²) in [7, 11) is -6.84. The highest BCUT2D eigenvalue weighted by molar-refractivity contribution is 7.91. The summed E-state index contributed by atoms with van der Waals surface area (Å²) < 4.78 is 61.6. The van der Waals surface area contributed by atoms with Gasteiger partial charge < -0.3 is 14.8 Å². The molecule has 0 aromatic heterocycles. The number of fused-ring (bicyclic) bond motifs is 1. The van der Waals surface area contributed by atoms with Gasteiger partial charge in [-0.1, -0.05) is 6.92 Å². The molecule has 0 spiro atoms. The van der Waals surface area contributed by atoms with Crippen LogP contribution in [0.4, 0.5) is 0 Å². The number of ether oxygens (including phenoxy) is 2. The first-order valence-electron chi connectivity index (χ1n) is 10.1. The van der Waals surface area contributed by atoms with Crippen LogP contribution >= 0.6 is 0 Å². The Kier molecular flexibility index (Phi) is 7.25. The van der Waals surface area contributed by atoms with Crippen molar-refractivity contribution in [2.24, 2.45) is 5.92 Å². The van der Waals surface area contributed by atoms with E-state index >= 15 is 0 Å². The van der Waals surface area contributed by atoms with Crippen molar-refractivity contribution in [1.29, 1.82) is 0 Å². The second kappa shape index (κ2) is 9.52. The van der Waals surface area contributed by atoms with Crippen molar-refractivity contribution in [3.05, 3.63) is 18.2 Å². The van der Waals surface area contributed by atoms with E-state index in [0.717, 1.165) is 6.42 Å². The summed E-state index contributed by atoms with van der Waals surface area (Å²) in [4.78, 5) is 12.4. The van der Waals surface area contributed by atoms with Crippen molar-refractivity contribution in [1.82, 2.24) is 9.62 Å². The Morgan fingerprint density at radius 3 is 2.43 bits per heavy atom. The first-order chi connectivity index (χ1) is 14.2. The topological polar surface area (TPSA) is 119 Å². The van der Waals surface area contributed by atoms with Gasteiger partial charge in [-0.3, -0.25) is 4.79 Å². The quantitative estimate of drug-likeness (QED) is 0.639. The average molecular weight is 461 g/mol. The van der Waals surface area contributed by atoms with Gasteiger partial charge in [-0.2, -0.15) is 4.31 Å². The number of carbonyl (C=O) groups is 1. The highest BCUT2D eigenvalue weighted by atomic mass is 32.2. The molecule has 1 amide bonds. The maximum atomic E-state index is 13.0. The zero-order valence-electron chi connectivity index (χ0n) is 17.0. The number of nitrogens with zero attached hydrogens (tertiary/aromatic N) is 1. The molecule has 11 heteroatoms. The van der Waals surface area contributed by atoms with Gasteiger partial charge in [0.05, 0.1) is 23.9 Å². The third-order valence-corrected chi connectivity index (χ3v) is 8.93. The molecule has 1 N–H and O–H groups in total. The normalized spacial score (nSPS) is 18.6. The van der Waals surface area contributed by atoms with Crippen molar-refractivity contribution in [2.45, 2.75) is 31.1 Å². The molecule has 0 atom stereocenters. The van der Waals surface area contributed by atoms with Gasteiger partial charge in [-0.05, 0) is 25.0 Å². The summed E-state index contributed by atoms with van der Waals surface area (Å²) in [6.07, 6.45) is 1.50. The molecule has 0 unspecified atom stereocenters. The SMILES string of the molecule is CCS(=O)(=O)CCNC(=O)C1CCN(S(=O)(=O)c2ccc3c(c2)OCCCO3)CC1. The molecule has 1 saturated heterocycles. The fourth-order valence-corrected chi connectivity index (χ4v) is 5.62. The van der Waals surface area contributed by atoms with Crippen LogP contribution in [-0.4, -0.2) is 71.4 Å². The lowest BCUT2D eigenvalue weighted by molar-refractivity contribution is -0.125. The zero-order valence-corrected chi connectivity index (χ0v) is 18.6. The molecule has 0 saturated carbocycles. The summed E-state index contributed by atoms with van der Waals surface area (Å²) in [5.41, 5.74) is 0. The summed E-state index contributed by atoms with van der Waals surface area (Å²) in [5.74, 6) is 0.348. The molecule has 1 aromatic rings. The van der Waals surface area contributed by atoms with Crippen LogP contribution in [0, 0.1) is 5.92 Å². The minimum Gasteiger partial charge on any atom is -0.490 e. The number of nitrogens with one attached hydrogen (secondary N) is 1. The Labute approximate surface area is 177 Å². The summed E-state index contributed by atoms with van der Waals surface area (Å²) in [5, 5.41) is 2.65. The van der Waals surface area contributed by atoms with E-state index in [0.29, 0.717) is 37.6 Å². The van der Waals surface area contributed by atoms with Crippen LogP contribution in [0.2, 0.25) is 0 Å². The van der Waals surface area contributed by atoms with Gasteiger partial charge in [-0.15, -0.1) is 0 Å². The maximum Gasteiger partial charge on any atom is 0.243 e. The number of amides is 1. The van der Waals surface area contributed by atoms with Crippen LogP contribution in [-0.2, 0) is 24.7 Å². The van der Waals surface area contributed by atoms with E-state index < -0.39 is 19.9 Å². The molecular formula is C19H28N2O7S2. The molecule has 168 valence electrons. The standard InChI is InChI=1S/C19H28N2O7S2/c1-2-29(23,24)13-8-20-19(22)15-6-9-21(10-7-15)30(25,26)16-4-5-17-18(14-16)28-12-3-11-27-17/h4-5,14-15H,2-3,6-13H2,1H3,(H,20,22). The molecule has 30 heavy (non-hydrogen) atoms.